The van der Waals surface area contributed by atoms with Gasteiger partial charge in [-0.1, -0.05) is 23.2 Å². The lowest BCUT2D eigenvalue weighted by atomic mass is 10.3. The first-order valence-electron chi connectivity index (χ1n) is 6.01. The molecule has 7 heteroatoms. The van der Waals surface area contributed by atoms with Crippen LogP contribution < -0.4 is 10.1 Å². The molecule has 0 aromatic heterocycles. The number of ether oxygens (including phenoxy) is 1. The molecule has 4 nitrogen and oxygen atoms in total. The molecule has 0 radical (unpaired) electrons. The van der Waals surface area contributed by atoms with E-state index in [1.807, 2.05) is 7.05 Å². The van der Waals surface area contributed by atoms with Crippen molar-refractivity contribution in [2.24, 2.45) is 0 Å². The molecule has 20 heavy (non-hydrogen) atoms. The normalized spacial score (nSPS) is 9.80. The van der Waals surface area contributed by atoms with Gasteiger partial charge in [0.05, 0.1) is 18.1 Å². The van der Waals surface area contributed by atoms with E-state index in [1.54, 1.807) is 30.1 Å². The lowest BCUT2D eigenvalue weighted by Crippen LogP contribution is -2.33. The summed E-state index contributed by atoms with van der Waals surface area (Å²) in [6.45, 7) is 1.74. The molecule has 0 aliphatic rings. The van der Waals surface area contributed by atoms with Gasteiger partial charge in [-0.05, 0) is 25.2 Å². The minimum absolute atomic E-state index is 0. The number of carbonyl (C=O) groups is 1. The van der Waals surface area contributed by atoms with Crippen molar-refractivity contribution in [2.45, 2.75) is 6.42 Å². The first-order chi connectivity index (χ1) is 9.04. The Labute approximate surface area is 135 Å². The summed E-state index contributed by atoms with van der Waals surface area (Å²) in [7, 11) is 3.62. The van der Waals surface area contributed by atoms with Crippen LogP contribution in [0.25, 0.3) is 0 Å². The molecule has 1 N–H and O–H groups in total. The Morgan fingerprint density at radius 2 is 2.10 bits per heavy atom. The molecule has 1 amide bonds. The summed E-state index contributed by atoms with van der Waals surface area (Å²) in [4.78, 5) is 13.4. The average Bonchev–Trinajstić information content (AvgIpc) is 2.38. The second-order valence-electron chi connectivity index (χ2n) is 4.09. The molecular formula is C13H19Cl3N2O2. The molecule has 1 aromatic rings. The highest BCUT2D eigenvalue weighted by Crippen LogP contribution is 2.27. The molecule has 0 atom stereocenters. The van der Waals surface area contributed by atoms with Crippen LogP contribution in [0.15, 0.2) is 18.2 Å². The van der Waals surface area contributed by atoms with Crippen LogP contribution in [0.1, 0.15) is 6.42 Å². The van der Waals surface area contributed by atoms with Gasteiger partial charge >= 0.3 is 0 Å². The highest BCUT2D eigenvalue weighted by Gasteiger charge is 2.09. The number of likely N-dealkylation sites (N-methyl/N-ethyl adjacent to an activating group) is 2. The zero-order valence-electron chi connectivity index (χ0n) is 11.5. The fraction of sp³-hybridized carbons (Fsp3) is 0.462. The summed E-state index contributed by atoms with van der Waals surface area (Å²) < 4.78 is 5.46. The molecule has 0 heterocycles. The van der Waals surface area contributed by atoms with Gasteiger partial charge in [-0.3, -0.25) is 4.79 Å². The van der Waals surface area contributed by atoms with Crippen molar-refractivity contribution in [1.29, 1.82) is 0 Å². The zero-order valence-corrected chi connectivity index (χ0v) is 13.8. The molecule has 0 unspecified atom stereocenters. The average molecular weight is 342 g/mol. The minimum Gasteiger partial charge on any atom is -0.491 e. The number of carbonyl (C=O) groups excluding carboxylic acids is 1. The largest absolute Gasteiger partial charge is 0.491 e. The highest BCUT2D eigenvalue weighted by atomic mass is 35.5. The van der Waals surface area contributed by atoms with Crippen molar-refractivity contribution >= 4 is 41.5 Å². The maximum atomic E-state index is 11.7. The summed E-state index contributed by atoms with van der Waals surface area (Å²) in [5, 5.41) is 4.00. The second-order valence-corrected chi connectivity index (χ2v) is 4.94. The van der Waals surface area contributed by atoms with Crippen LogP contribution in [-0.2, 0) is 4.79 Å². The summed E-state index contributed by atoms with van der Waals surface area (Å²) >= 11 is 11.7. The van der Waals surface area contributed by atoms with E-state index in [9.17, 15) is 4.79 Å². The summed E-state index contributed by atoms with van der Waals surface area (Å²) in [6, 6.07) is 5.00. The van der Waals surface area contributed by atoms with Gasteiger partial charge in [-0.2, -0.15) is 0 Å². The standard InChI is InChI=1S/C13H18Cl2N2O2.ClH/c1-16-6-7-17(2)13(18)5-8-19-12-4-3-10(14)9-11(12)15;/h3-4,9,16H,5-8H2,1-2H3;1H. The first kappa shape index (κ1) is 19.3. The van der Waals surface area contributed by atoms with Crippen molar-refractivity contribution in [3.05, 3.63) is 28.2 Å². The van der Waals surface area contributed by atoms with Crippen LogP contribution in [0.3, 0.4) is 0 Å². The fourth-order valence-electron chi connectivity index (χ4n) is 1.44. The second kappa shape index (κ2) is 10.1. The molecule has 0 saturated carbocycles. The van der Waals surface area contributed by atoms with Gasteiger partial charge in [0.25, 0.3) is 0 Å². The number of nitrogens with zero attached hydrogens (tertiary/aromatic N) is 1. The molecule has 0 fully saturated rings. The van der Waals surface area contributed by atoms with E-state index in [2.05, 4.69) is 5.32 Å². The molecule has 0 spiro atoms. The van der Waals surface area contributed by atoms with Crippen molar-refractivity contribution in [1.82, 2.24) is 10.2 Å². The Kier molecular flexibility index (Phi) is 9.76. The maximum Gasteiger partial charge on any atom is 0.225 e. The van der Waals surface area contributed by atoms with Gasteiger partial charge in [-0.15, -0.1) is 12.4 Å². The summed E-state index contributed by atoms with van der Waals surface area (Å²) in [5.41, 5.74) is 0. The van der Waals surface area contributed by atoms with Gasteiger partial charge in [0.2, 0.25) is 5.91 Å². The Balaban J connectivity index is 0.00000361. The van der Waals surface area contributed by atoms with Crippen molar-refractivity contribution in [3.8, 4) is 5.75 Å². The fourth-order valence-corrected chi connectivity index (χ4v) is 1.90. The third kappa shape index (κ3) is 6.66. The van der Waals surface area contributed by atoms with Crippen LogP contribution in [0.5, 0.6) is 5.75 Å². The van der Waals surface area contributed by atoms with Gasteiger partial charge in [0, 0.05) is 25.2 Å². The monoisotopic (exact) mass is 340 g/mol. The third-order valence-corrected chi connectivity index (χ3v) is 3.12. The lowest BCUT2D eigenvalue weighted by molar-refractivity contribution is -0.130. The maximum absolute atomic E-state index is 11.7. The Morgan fingerprint density at radius 1 is 1.40 bits per heavy atom. The van der Waals surface area contributed by atoms with E-state index in [-0.39, 0.29) is 18.3 Å². The number of hydrogen-bond donors (Lipinski definition) is 1. The zero-order chi connectivity index (χ0) is 14.3. The van der Waals surface area contributed by atoms with Crippen LogP contribution in [0, 0.1) is 0 Å². The summed E-state index contributed by atoms with van der Waals surface area (Å²) in [6.07, 6.45) is 0.319. The first-order valence-corrected chi connectivity index (χ1v) is 6.76. The number of halogens is 3. The van der Waals surface area contributed by atoms with E-state index in [0.29, 0.717) is 35.4 Å². The minimum atomic E-state index is 0. The van der Waals surface area contributed by atoms with Crippen LogP contribution in [0.4, 0.5) is 0 Å². The molecule has 0 bridgehead atoms. The number of rotatable bonds is 7. The van der Waals surface area contributed by atoms with Crippen LogP contribution in [0.2, 0.25) is 10.0 Å². The number of nitrogens with one attached hydrogen (secondary N) is 1. The van der Waals surface area contributed by atoms with E-state index in [4.69, 9.17) is 27.9 Å². The van der Waals surface area contributed by atoms with Crippen LogP contribution in [-0.4, -0.2) is 44.6 Å². The Morgan fingerprint density at radius 3 is 2.70 bits per heavy atom. The smallest absolute Gasteiger partial charge is 0.225 e. The molecule has 0 aliphatic heterocycles. The summed E-state index contributed by atoms with van der Waals surface area (Å²) in [5.74, 6) is 0.581. The quantitative estimate of drug-likeness (QED) is 0.829. The topological polar surface area (TPSA) is 41.6 Å². The van der Waals surface area contributed by atoms with Crippen LogP contribution >= 0.6 is 35.6 Å². The lowest BCUT2D eigenvalue weighted by Gasteiger charge is -2.17. The van der Waals surface area contributed by atoms with E-state index in [0.717, 1.165) is 6.54 Å². The third-order valence-electron chi connectivity index (χ3n) is 2.59. The van der Waals surface area contributed by atoms with E-state index in [1.165, 1.54) is 0 Å². The Hall–Kier alpha value is -0.680. The molecule has 114 valence electrons. The van der Waals surface area contributed by atoms with Crippen molar-refractivity contribution < 1.29 is 9.53 Å². The molecule has 0 aliphatic carbocycles. The molecular weight excluding hydrogens is 323 g/mol. The molecule has 1 rings (SSSR count). The highest BCUT2D eigenvalue weighted by molar-refractivity contribution is 6.35. The van der Waals surface area contributed by atoms with E-state index >= 15 is 0 Å². The van der Waals surface area contributed by atoms with Gasteiger partial charge in [-0.25, -0.2) is 0 Å². The molecule has 1 aromatic carbocycles. The molecule has 0 saturated heterocycles. The SMILES string of the molecule is CNCCN(C)C(=O)CCOc1ccc(Cl)cc1Cl.Cl. The Bertz CT molecular complexity index is 430. The van der Waals surface area contributed by atoms with E-state index < -0.39 is 0 Å². The number of hydrogen-bond acceptors (Lipinski definition) is 3. The predicted octanol–water partition coefficient (Wildman–Crippen LogP) is 2.86. The predicted molar refractivity (Wildman–Crippen MR) is 85.4 cm³/mol. The van der Waals surface area contributed by atoms with Gasteiger partial charge < -0.3 is 15.0 Å². The van der Waals surface area contributed by atoms with Gasteiger partial charge in [0.1, 0.15) is 5.75 Å². The van der Waals surface area contributed by atoms with Crippen molar-refractivity contribution in [3.63, 3.8) is 0 Å². The van der Waals surface area contributed by atoms with Gasteiger partial charge in [0.15, 0.2) is 0 Å². The van der Waals surface area contributed by atoms with Crippen molar-refractivity contribution in [2.75, 3.05) is 33.8 Å². The number of amides is 1. The number of benzene rings is 1.